The van der Waals surface area contributed by atoms with Gasteiger partial charge < -0.3 is 4.74 Å². The van der Waals surface area contributed by atoms with E-state index in [2.05, 4.69) is 10.5 Å². The summed E-state index contributed by atoms with van der Waals surface area (Å²) in [7, 11) is 0. The lowest BCUT2D eigenvalue weighted by molar-refractivity contribution is -0.384. The van der Waals surface area contributed by atoms with Gasteiger partial charge in [0.15, 0.2) is 0 Å². The molecule has 3 aromatic carbocycles. The van der Waals surface area contributed by atoms with Gasteiger partial charge >= 0.3 is 0 Å². The second-order valence-electron chi connectivity index (χ2n) is 5.99. The van der Waals surface area contributed by atoms with Gasteiger partial charge in [0.1, 0.15) is 12.4 Å². The quantitative estimate of drug-likeness (QED) is 0.351. The number of nitrogens with one attached hydrogen (secondary N) is 1. The molecule has 0 heterocycles. The van der Waals surface area contributed by atoms with Crippen molar-refractivity contribution in [2.24, 2.45) is 5.10 Å². The van der Waals surface area contributed by atoms with Crippen LogP contribution in [0.4, 0.5) is 5.69 Å². The third-order valence-corrected chi connectivity index (χ3v) is 4.15. The number of non-ortho nitro benzene ring substituents is 1. The van der Waals surface area contributed by atoms with Crippen LogP contribution in [0.15, 0.2) is 77.9 Å². The van der Waals surface area contributed by atoms with Crippen LogP contribution >= 0.6 is 11.6 Å². The van der Waals surface area contributed by atoms with Crippen molar-refractivity contribution in [2.75, 3.05) is 0 Å². The molecule has 0 saturated carbocycles. The van der Waals surface area contributed by atoms with Crippen LogP contribution in [0, 0.1) is 10.1 Å². The average Bonchev–Trinajstić information content (AvgIpc) is 2.74. The maximum absolute atomic E-state index is 12.2. The average molecular weight is 410 g/mol. The predicted molar refractivity (Wildman–Crippen MR) is 110 cm³/mol. The van der Waals surface area contributed by atoms with Gasteiger partial charge in [-0.05, 0) is 42.0 Å². The number of amides is 1. The zero-order valence-electron chi connectivity index (χ0n) is 15.1. The number of hydrazone groups is 1. The van der Waals surface area contributed by atoms with Crippen molar-refractivity contribution in [3.63, 3.8) is 0 Å². The molecule has 3 rings (SSSR count). The highest BCUT2D eigenvalue weighted by atomic mass is 35.5. The Morgan fingerprint density at radius 1 is 1.10 bits per heavy atom. The first-order valence-corrected chi connectivity index (χ1v) is 8.94. The number of hydrogen-bond acceptors (Lipinski definition) is 5. The summed E-state index contributed by atoms with van der Waals surface area (Å²) in [6.45, 7) is 0.356. The number of carbonyl (C=O) groups excluding carboxylic acids is 1. The van der Waals surface area contributed by atoms with E-state index in [1.165, 1.54) is 18.3 Å². The number of benzene rings is 3. The summed E-state index contributed by atoms with van der Waals surface area (Å²) in [5.74, 6) is 0.309. The minimum absolute atomic E-state index is 0.0447. The van der Waals surface area contributed by atoms with Gasteiger partial charge in [-0.1, -0.05) is 35.9 Å². The lowest BCUT2D eigenvalue weighted by Gasteiger charge is -2.07. The molecule has 0 aromatic heterocycles. The van der Waals surface area contributed by atoms with Crippen molar-refractivity contribution in [3.05, 3.63) is 105 Å². The Balaban J connectivity index is 1.54. The molecule has 0 spiro atoms. The number of nitro groups is 1. The van der Waals surface area contributed by atoms with E-state index in [0.717, 1.165) is 5.56 Å². The highest BCUT2D eigenvalue weighted by Crippen LogP contribution is 2.17. The molecule has 1 amide bonds. The summed E-state index contributed by atoms with van der Waals surface area (Å²) >= 11 is 5.84. The maximum Gasteiger partial charge on any atom is 0.271 e. The van der Waals surface area contributed by atoms with Gasteiger partial charge in [-0.25, -0.2) is 5.43 Å². The van der Waals surface area contributed by atoms with Gasteiger partial charge in [-0.15, -0.1) is 0 Å². The van der Waals surface area contributed by atoms with Crippen LogP contribution in [-0.4, -0.2) is 17.0 Å². The fraction of sp³-hybridized carbons (Fsp3) is 0.0476. The number of ether oxygens (including phenoxy) is 1. The Bertz CT molecular complexity index is 1030. The Hall–Kier alpha value is -3.71. The van der Waals surface area contributed by atoms with Crippen LogP contribution in [0.2, 0.25) is 5.02 Å². The molecule has 1 N–H and O–H groups in total. The highest BCUT2D eigenvalue weighted by molar-refractivity contribution is 6.30. The molecule has 0 saturated heterocycles. The van der Waals surface area contributed by atoms with E-state index in [1.807, 2.05) is 0 Å². The number of hydrogen-bond donors (Lipinski definition) is 1. The van der Waals surface area contributed by atoms with E-state index in [1.54, 1.807) is 60.7 Å². The third-order valence-electron chi connectivity index (χ3n) is 3.90. The summed E-state index contributed by atoms with van der Waals surface area (Å²) < 4.78 is 5.66. The minimum atomic E-state index is -0.492. The second-order valence-corrected chi connectivity index (χ2v) is 6.43. The molecular formula is C21H16ClN3O4. The van der Waals surface area contributed by atoms with Crippen LogP contribution in [0.25, 0.3) is 0 Å². The third kappa shape index (κ3) is 5.88. The number of nitrogens with zero attached hydrogens (tertiary/aromatic N) is 2. The Morgan fingerprint density at radius 2 is 1.83 bits per heavy atom. The normalized spacial score (nSPS) is 10.7. The molecule has 0 aliphatic rings. The monoisotopic (exact) mass is 409 g/mol. The van der Waals surface area contributed by atoms with E-state index < -0.39 is 10.8 Å². The largest absolute Gasteiger partial charge is 0.489 e. The predicted octanol–water partition coefficient (Wildman–Crippen LogP) is 4.59. The molecule has 0 bridgehead atoms. The van der Waals surface area contributed by atoms with Gasteiger partial charge in [-0.2, -0.15) is 5.10 Å². The zero-order chi connectivity index (χ0) is 20.6. The van der Waals surface area contributed by atoms with Crippen molar-refractivity contribution in [1.82, 2.24) is 5.43 Å². The summed E-state index contributed by atoms with van der Waals surface area (Å²) in [4.78, 5) is 22.4. The fourth-order valence-electron chi connectivity index (χ4n) is 2.40. The first-order chi connectivity index (χ1) is 14.0. The topological polar surface area (TPSA) is 93.8 Å². The van der Waals surface area contributed by atoms with Crippen molar-refractivity contribution < 1.29 is 14.5 Å². The number of carbonyl (C=O) groups is 1. The van der Waals surface area contributed by atoms with Crippen LogP contribution in [0.3, 0.4) is 0 Å². The first-order valence-electron chi connectivity index (χ1n) is 8.56. The Labute approximate surface area is 171 Å². The van der Waals surface area contributed by atoms with E-state index in [0.29, 0.717) is 28.5 Å². The smallest absolute Gasteiger partial charge is 0.271 e. The lowest BCUT2D eigenvalue weighted by atomic mass is 10.1. The van der Waals surface area contributed by atoms with Gasteiger partial charge in [0.25, 0.3) is 11.6 Å². The molecule has 29 heavy (non-hydrogen) atoms. The summed E-state index contributed by atoms with van der Waals surface area (Å²) in [5, 5.41) is 15.2. The van der Waals surface area contributed by atoms with Crippen LogP contribution in [0.1, 0.15) is 21.5 Å². The van der Waals surface area contributed by atoms with Crippen LogP contribution < -0.4 is 10.2 Å². The molecule has 0 aliphatic heterocycles. The maximum atomic E-state index is 12.2. The van der Waals surface area contributed by atoms with E-state index in [4.69, 9.17) is 16.3 Å². The molecule has 7 nitrogen and oxygen atoms in total. The zero-order valence-corrected chi connectivity index (χ0v) is 15.9. The SMILES string of the molecule is O=C(N/N=C/c1cccc([N+](=O)[O-])c1)c1ccc(COc2ccc(Cl)cc2)cc1. The van der Waals surface area contributed by atoms with Crippen molar-refractivity contribution in [1.29, 1.82) is 0 Å². The molecule has 0 atom stereocenters. The summed E-state index contributed by atoms with van der Waals surface area (Å²) in [5.41, 5.74) is 4.19. The molecule has 8 heteroatoms. The van der Waals surface area contributed by atoms with Crippen molar-refractivity contribution >= 4 is 29.4 Å². The van der Waals surface area contributed by atoms with E-state index >= 15 is 0 Å². The van der Waals surface area contributed by atoms with Gasteiger partial charge in [0, 0.05) is 28.3 Å². The molecule has 0 fully saturated rings. The number of nitro benzene ring substituents is 1. The standard InChI is InChI=1S/C21H16ClN3O4/c22-18-8-10-20(11-9-18)29-14-15-4-6-17(7-5-15)21(26)24-23-13-16-2-1-3-19(12-16)25(27)28/h1-13H,14H2,(H,24,26)/b23-13+. The molecule has 0 unspecified atom stereocenters. The summed E-state index contributed by atoms with van der Waals surface area (Å²) in [6.07, 6.45) is 1.35. The van der Waals surface area contributed by atoms with Gasteiger partial charge in [0.2, 0.25) is 0 Å². The summed E-state index contributed by atoms with van der Waals surface area (Å²) in [6, 6.07) is 19.9. The van der Waals surface area contributed by atoms with E-state index in [-0.39, 0.29) is 5.69 Å². The van der Waals surface area contributed by atoms with Crippen LogP contribution in [0.5, 0.6) is 5.75 Å². The Kier molecular flexibility index (Phi) is 6.55. The van der Waals surface area contributed by atoms with E-state index in [9.17, 15) is 14.9 Å². The molecule has 146 valence electrons. The Morgan fingerprint density at radius 3 is 2.52 bits per heavy atom. The molecule has 0 radical (unpaired) electrons. The number of rotatable bonds is 7. The highest BCUT2D eigenvalue weighted by Gasteiger charge is 2.06. The second kappa shape index (κ2) is 9.48. The first kappa shape index (κ1) is 20.0. The molecule has 0 aliphatic carbocycles. The fourth-order valence-corrected chi connectivity index (χ4v) is 2.52. The van der Waals surface area contributed by atoms with Gasteiger partial charge in [0.05, 0.1) is 11.1 Å². The van der Waals surface area contributed by atoms with Crippen molar-refractivity contribution in [2.45, 2.75) is 6.61 Å². The van der Waals surface area contributed by atoms with Crippen LogP contribution in [-0.2, 0) is 6.61 Å². The molecular weight excluding hydrogens is 394 g/mol. The van der Waals surface area contributed by atoms with Crippen molar-refractivity contribution in [3.8, 4) is 5.75 Å². The van der Waals surface area contributed by atoms with Gasteiger partial charge in [-0.3, -0.25) is 14.9 Å². The minimum Gasteiger partial charge on any atom is -0.489 e. The lowest BCUT2D eigenvalue weighted by Crippen LogP contribution is -2.17. The molecule has 3 aromatic rings. The number of halogens is 1.